The Kier molecular flexibility index (Phi) is 6.31. The van der Waals surface area contributed by atoms with E-state index in [4.69, 9.17) is 9.47 Å². The van der Waals surface area contributed by atoms with Crippen molar-refractivity contribution >= 4 is 23.5 Å². The van der Waals surface area contributed by atoms with Crippen molar-refractivity contribution in [2.75, 3.05) is 45.2 Å². The summed E-state index contributed by atoms with van der Waals surface area (Å²) < 4.78 is 10.1. The summed E-state index contributed by atoms with van der Waals surface area (Å²) in [5.74, 6) is 1.34. The van der Waals surface area contributed by atoms with Gasteiger partial charge in [0.05, 0.1) is 19.3 Å². The molecular weight excluding hydrogens is 360 g/mol. The number of ether oxygens (including phenoxy) is 2. The highest BCUT2D eigenvalue weighted by Crippen LogP contribution is 2.19. The van der Waals surface area contributed by atoms with Crippen LogP contribution in [0.2, 0.25) is 0 Å². The first kappa shape index (κ1) is 19.5. The minimum absolute atomic E-state index is 0.0907. The molecule has 1 aliphatic rings. The van der Waals surface area contributed by atoms with Crippen LogP contribution >= 0.6 is 0 Å². The van der Waals surface area contributed by atoms with Crippen LogP contribution < -0.4 is 10.1 Å². The minimum atomic E-state index is -0.328. The van der Waals surface area contributed by atoms with E-state index in [1.54, 1.807) is 42.2 Å². The number of hydrogen-bond acceptors (Lipinski definition) is 6. The third-order valence-corrected chi connectivity index (χ3v) is 4.47. The summed E-state index contributed by atoms with van der Waals surface area (Å²) in [5.41, 5.74) is 1.40. The molecule has 0 unspecified atom stereocenters. The number of aromatic nitrogens is 1. The zero-order chi connectivity index (χ0) is 19.9. The topological polar surface area (TPSA) is 84.0 Å². The molecule has 1 aliphatic heterocycles. The molecule has 1 saturated heterocycles. The molecule has 0 radical (unpaired) electrons. The molecule has 1 aromatic carbocycles. The van der Waals surface area contributed by atoms with Gasteiger partial charge in [-0.25, -0.2) is 9.78 Å². The minimum Gasteiger partial charge on any atom is -0.497 e. The predicted octanol–water partition coefficient (Wildman–Crippen LogP) is 2.75. The predicted molar refractivity (Wildman–Crippen MR) is 105 cm³/mol. The zero-order valence-electron chi connectivity index (χ0n) is 16.1. The summed E-state index contributed by atoms with van der Waals surface area (Å²) in [7, 11) is 1.62. The van der Waals surface area contributed by atoms with Gasteiger partial charge in [-0.3, -0.25) is 4.79 Å². The van der Waals surface area contributed by atoms with Crippen LogP contribution in [0.15, 0.2) is 42.6 Å². The van der Waals surface area contributed by atoms with Crippen LogP contribution in [-0.4, -0.2) is 66.7 Å². The molecule has 0 saturated carbocycles. The number of anilines is 2. The van der Waals surface area contributed by atoms with Gasteiger partial charge in [0.2, 0.25) is 0 Å². The maximum Gasteiger partial charge on any atom is 0.409 e. The highest BCUT2D eigenvalue weighted by atomic mass is 16.6. The number of carbonyl (C=O) groups is 2. The number of carbonyl (C=O) groups excluding carboxylic acids is 2. The van der Waals surface area contributed by atoms with Gasteiger partial charge in [-0.2, -0.15) is 0 Å². The molecule has 28 heavy (non-hydrogen) atoms. The number of methoxy groups -OCH3 is 1. The van der Waals surface area contributed by atoms with E-state index in [0.29, 0.717) is 44.2 Å². The highest BCUT2D eigenvalue weighted by Gasteiger charge is 2.25. The number of pyridine rings is 1. The van der Waals surface area contributed by atoms with Crippen LogP contribution in [0.3, 0.4) is 0 Å². The van der Waals surface area contributed by atoms with Crippen molar-refractivity contribution in [3.8, 4) is 5.75 Å². The number of piperazine rings is 1. The standard InChI is InChI=1S/C20H24N4O4/c1-3-28-20(26)24-12-10-23(11-13-24)19(25)15-4-9-18(21-14-15)22-16-5-7-17(27-2)8-6-16/h4-9,14H,3,10-13H2,1-2H3,(H,21,22). The van der Waals surface area contributed by atoms with Crippen LogP contribution in [0, 0.1) is 0 Å². The molecule has 3 rings (SSSR count). The second-order valence-corrected chi connectivity index (χ2v) is 6.26. The van der Waals surface area contributed by atoms with Crippen LogP contribution in [-0.2, 0) is 4.74 Å². The van der Waals surface area contributed by atoms with Crippen molar-refractivity contribution in [2.24, 2.45) is 0 Å². The Morgan fingerprint density at radius 2 is 1.71 bits per heavy atom. The van der Waals surface area contributed by atoms with E-state index >= 15 is 0 Å². The molecule has 8 heteroatoms. The van der Waals surface area contributed by atoms with Gasteiger partial charge in [-0.1, -0.05) is 0 Å². The third-order valence-electron chi connectivity index (χ3n) is 4.47. The normalized spacial score (nSPS) is 13.8. The van der Waals surface area contributed by atoms with E-state index in [0.717, 1.165) is 11.4 Å². The van der Waals surface area contributed by atoms with Gasteiger partial charge in [0.15, 0.2) is 0 Å². The Bertz CT molecular complexity index is 800. The van der Waals surface area contributed by atoms with E-state index in [-0.39, 0.29) is 12.0 Å². The quantitative estimate of drug-likeness (QED) is 0.853. The van der Waals surface area contributed by atoms with E-state index < -0.39 is 0 Å². The Labute approximate surface area is 164 Å². The van der Waals surface area contributed by atoms with E-state index in [1.807, 2.05) is 24.3 Å². The summed E-state index contributed by atoms with van der Waals surface area (Å²) >= 11 is 0. The first-order valence-corrected chi connectivity index (χ1v) is 9.19. The lowest BCUT2D eigenvalue weighted by Crippen LogP contribution is -2.50. The van der Waals surface area contributed by atoms with Crippen LogP contribution in [0.4, 0.5) is 16.3 Å². The first-order chi connectivity index (χ1) is 13.6. The van der Waals surface area contributed by atoms with Crippen molar-refractivity contribution in [3.05, 3.63) is 48.2 Å². The average molecular weight is 384 g/mol. The van der Waals surface area contributed by atoms with Gasteiger partial charge in [0, 0.05) is 38.1 Å². The Morgan fingerprint density at radius 1 is 1.04 bits per heavy atom. The van der Waals surface area contributed by atoms with Crippen LogP contribution in [0.25, 0.3) is 0 Å². The van der Waals surface area contributed by atoms with Gasteiger partial charge in [0.1, 0.15) is 11.6 Å². The van der Waals surface area contributed by atoms with Gasteiger partial charge in [0.25, 0.3) is 5.91 Å². The maximum absolute atomic E-state index is 12.7. The number of rotatable bonds is 5. The molecule has 0 bridgehead atoms. The van der Waals surface area contributed by atoms with Crippen molar-refractivity contribution in [3.63, 3.8) is 0 Å². The lowest BCUT2D eigenvalue weighted by molar-refractivity contribution is 0.0570. The fourth-order valence-corrected chi connectivity index (χ4v) is 2.91. The molecule has 0 spiro atoms. The molecule has 1 N–H and O–H groups in total. The van der Waals surface area contributed by atoms with Gasteiger partial charge in [-0.15, -0.1) is 0 Å². The lowest BCUT2D eigenvalue weighted by atomic mass is 10.2. The zero-order valence-corrected chi connectivity index (χ0v) is 16.1. The third kappa shape index (κ3) is 4.70. The monoisotopic (exact) mass is 384 g/mol. The molecule has 1 fully saturated rings. The fourth-order valence-electron chi connectivity index (χ4n) is 2.91. The Balaban J connectivity index is 1.55. The maximum atomic E-state index is 12.7. The average Bonchev–Trinajstić information content (AvgIpc) is 2.74. The summed E-state index contributed by atoms with van der Waals surface area (Å²) in [5, 5.41) is 3.18. The van der Waals surface area contributed by atoms with Crippen molar-refractivity contribution in [1.29, 1.82) is 0 Å². The van der Waals surface area contributed by atoms with Crippen molar-refractivity contribution < 1.29 is 19.1 Å². The summed E-state index contributed by atoms with van der Waals surface area (Å²) in [4.78, 5) is 32.1. The van der Waals surface area contributed by atoms with Gasteiger partial charge in [-0.05, 0) is 43.3 Å². The molecule has 0 atom stereocenters. The lowest BCUT2D eigenvalue weighted by Gasteiger charge is -2.34. The van der Waals surface area contributed by atoms with Crippen molar-refractivity contribution in [2.45, 2.75) is 6.92 Å². The fraction of sp³-hybridized carbons (Fsp3) is 0.350. The van der Waals surface area contributed by atoms with Crippen LogP contribution in [0.1, 0.15) is 17.3 Å². The molecule has 2 aromatic rings. The van der Waals surface area contributed by atoms with E-state index in [1.165, 1.54) is 0 Å². The first-order valence-electron chi connectivity index (χ1n) is 9.19. The molecule has 1 aromatic heterocycles. The SMILES string of the molecule is CCOC(=O)N1CCN(C(=O)c2ccc(Nc3ccc(OC)cc3)nc2)CC1. The summed E-state index contributed by atoms with van der Waals surface area (Å²) in [6, 6.07) is 11.0. The second-order valence-electron chi connectivity index (χ2n) is 6.26. The number of nitrogens with zero attached hydrogens (tertiary/aromatic N) is 3. The molecule has 0 aliphatic carbocycles. The Hall–Kier alpha value is -3.29. The number of amides is 2. The molecule has 148 valence electrons. The van der Waals surface area contributed by atoms with E-state index in [2.05, 4.69) is 10.3 Å². The number of nitrogens with one attached hydrogen (secondary N) is 1. The van der Waals surface area contributed by atoms with E-state index in [9.17, 15) is 9.59 Å². The smallest absolute Gasteiger partial charge is 0.409 e. The summed E-state index contributed by atoms with van der Waals surface area (Å²) in [6.07, 6.45) is 1.23. The summed E-state index contributed by atoms with van der Waals surface area (Å²) in [6.45, 7) is 4.01. The molecular formula is C20H24N4O4. The Morgan fingerprint density at radius 3 is 2.29 bits per heavy atom. The molecule has 2 heterocycles. The van der Waals surface area contributed by atoms with Gasteiger partial charge >= 0.3 is 6.09 Å². The van der Waals surface area contributed by atoms with Crippen LogP contribution in [0.5, 0.6) is 5.75 Å². The van der Waals surface area contributed by atoms with Crippen molar-refractivity contribution in [1.82, 2.24) is 14.8 Å². The number of hydrogen-bond donors (Lipinski definition) is 1. The highest BCUT2D eigenvalue weighted by molar-refractivity contribution is 5.94. The molecule has 2 amide bonds. The number of benzene rings is 1. The van der Waals surface area contributed by atoms with Gasteiger partial charge < -0.3 is 24.6 Å². The second kappa shape index (κ2) is 9.07. The molecule has 8 nitrogen and oxygen atoms in total. The largest absolute Gasteiger partial charge is 0.497 e.